The van der Waals surface area contributed by atoms with E-state index in [0.29, 0.717) is 6.54 Å². The first-order valence-corrected chi connectivity index (χ1v) is 8.57. The fourth-order valence-corrected chi connectivity index (χ4v) is 4.34. The summed E-state index contributed by atoms with van der Waals surface area (Å²) < 4.78 is 24.8. The third-order valence-corrected chi connectivity index (χ3v) is 5.34. The second kappa shape index (κ2) is 5.59. The SMILES string of the molecule is O=S1(=O)CC(O)C(NCc2ccccc2-n2cccn2)C1. The number of nitrogens with one attached hydrogen (secondary N) is 1. The van der Waals surface area contributed by atoms with Crippen molar-refractivity contribution in [2.24, 2.45) is 0 Å². The zero-order valence-corrected chi connectivity index (χ0v) is 12.2. The van der Waals surface area contributed by atoms with E-state index in [1.807, 2.05) is 36.5 Å². The average Bonchev–Trinajstić information content (AvgIpc) is 3.04. The predicted octanol–water partition coefficient (Wildman–Crippen LogP) is 0.120. The molecule has 0 amide bonds. The number of rotatable bonds is 4. The molecule has 3 rings (SSSR count). The molecular weight excluding hydrogens is 290 g/mol. The quantitative estimate of drug-likeness (QED) is 0.838. The van der Waals surface area contributed by atoms with Gasteiger partial charge in [-0.3, -0.25) is 0 Å². The molecule has 2 aromatic rings. The van der Waals surface area contributed by atoms with Gasteiger partial charge in [0.25, 0.3) is 0 Å². The van der Waals surface area contributed by atoms with Gasteiger partial charge in [-0.1, -0.05) is 18.2 Å². The minimum Gasteiger partial charge on any atom is -0.390 e. The standard InChI is InChI=1S/C14H17N3O3S/c18-14-10-21(19,20)9-12(14)15-8-11-4-1-2-5-13(11)17-7-3-6-16-17/h1-7,12,14-15,18H,8-10H2. The highest BCUT2D eigenvalue weighted by atomic mass is 32.2. The molecule has 1 saturated heterocycles. The van der Waals surface area contributed by atoms with Crippen molar-refractivity contribution < 1.29 is 13.5 Å². The Morgan fingerprint density at radius 1 is 1.29 bits per heavy atom. The van der Waals surface area contributed by atoms with Gasteiger partial charge >= 0.3 is 0 Å². The molecule has 1 aliphatic rings. The van der Waals surface area contributed by atoms with Crippen LogP contribution in [-0.4, -0.2) is 47.0 Å². The van der Waals surface area contributed by atoms with E-state index in [9.17, 15) is 13.5 Å². The van der Waals surface area contributed by atoms with Gasteiger partial charge in [-0.15, -0.1) is 0 Å². The molecule has 0 radical (unpaired) electrons. The molecule has 0 spiro atoms. The second-order valence-corrected chi connectivity index (χ2v) is 7.36. The number of benzene rings is 1. The average molecular weight is 307 g/mol. The van der Waals surface area contributed by atoms with Gasteiger partial charge in [0.2, 0.25) is 0 Å². The lowest BCUT2D eigenvalue weighted by molar-refractivity contribution is 0.165. The van der Waals surface area contributed by atoms with Gasteiger partial charge in [0.1, 0.15) is 0 Å². The molecule has 2 N–H and O–H groups in total. The Morgan fingerprint density at radius 2 is 2.10 bits per heavy atom. The monoisotopic (exact) mass is 307 g/mol. The minimum absolute atomic E-state index is 0.0158. The first-order chi connectivity index (χ1) is 10.1. The maximum absolute atomic E-state index is 11.5. The number of para-hydroxylation sites is 1. The summed E-state index contributed by atoms with van der Waals surface area (Å²) >= 11 is 0. The van der Waals surface area contributed by atoms with Crippen LogP contribution in [0.25, 0.3) is 5.69 Å². The lowest BCUT2D eigenvalue weighted by Crippen LogP contribution is -2.38. The Balaban J connectivity index is 1.75. The molecule has 0 saturated carbocycles. The van der Waals surface area contributed by atoms with Crippen LogP contribution in [0.3, 0.4) is 0 Å². The normalized spacial score (nSPS) is 24.2. The summed E-state index contributed by atoms with van der Waals surface area (Å²) in [7, 11) is -3.13. The van der Waals surface area contributed by atoms with Crippen molar-refractivity contribution >= 4 is 9.84 Å². The van der Waals surface area contributed by atoms with Crippen LogP contribution in [0.4, 0.5) is 0 Å². The van der Waals surface area contributed by atoms with Crippen molar-refractivity contribution in [3.05, 3.63) is 48.3 Å². The van der Waals surface area contributed by atoms with Crippen molar-refractivity contribution in [3.63, 3.8) is 0 Å². The Labute approximate surface area is 123 Å². The molecule has 2 unspecified atom stereocenters. The summed E-state index contributed by atoms with van der Waals surface area (Å²) in [5.74, 6) is -0.177. The number of sulfone groups is 1. The molecule has 7 heteroatoms. The largest absolute Gasteiger partial charge is 0.390 e. The van der Waals surface area contributed by atoms with Gasteiger partial charge < -0.3 is 10.4 Å². The van der Waals surface area contributed by atoms with E-state index in [0.717, 1.165) is 11.3 Å². The van der Waals surface area contributed by atoms with Gasteiger partial charge in [-0.25, -0.2) is 13.1 Å². The molecule has 1 aromatic heterocycles. The number of aliphatic hydroxyl groups is 1. The zero-order valence-electron chi connectivity index (χ0n) is 11.4. The zero-order chi connectivity index (χ0) is 14.9. The highest BCUT2D eigenvalue weighted by Crippen LogP contribution is 2.16. The topological polar surface area (TPSA) is 84.2 Å². The molecule has 1 fully saturated rings. The third-order valence-electron chi connectivity index (χ3n) is 3.62. The van der Waals surface area contributed by atoms with E-state index in [1.54, 1.807) is 10.9 Å². The summed E-state index contributed by atoms with van der Waals surface area (Å²) in [6.07, 6.45) is 2.72. The number of nitrogens with zero attached hydrogens (tertiary/aromatic N) is 2. The van der Waals surface area contributed by atoms with Gasteiger partial charge in [-0.05, 0) is 17.7 Å². The Morgan fingerprint density at radius 3 is 2.76 bits per heavy atom. The number of aliphatic hydroxyl groups excluding tert-OH is 1. The van der Waals surface area contributed by atoms with Gasteiger partial charge in [-0.2, -0.15) is 5.10 Å². The summed E-state index contributed by atoms with van der Waals surface area (Å²) in [6.45, 7) is 0.479. The highest BCUT2D eigenvalue weighted by Gasteiger charge is 2.35. The lowest BCUT2D eigenvalue weighted by atomic mass is 10.1. The van der Waals surface area contributed by atoms with E-state index in [2.05, 4.69) is 10.4 Å². The molecule has 0 aliphatic carbocycles. The first-order valence-electron chi connectivity index (χ1n) is 6.75. The molecule has 1 aliphatic heterocycles. The van der Waals surface area contributed by atoms with E-state index >= 15 is 0 Å². The first kappa shape index (κ1) is 14.2. The Hall–Kier alpha value is -1.70. The smallest absolute Gasteiger partial charge is 0.154 e. The highest BCUT2D eigenvalue weighted by molar-refractivity contribution is 7.91. The Kier molecular flexibility index (Phi) is 3.79. The van der Waals surface area contributed by atoms with E-state index in [1.165, 1.54) is 0 Å². The van der Waals surface area contributed by atoms with Crippen LogP contribution in [0.2, 0.25) is 0 Å². The molecular formula is C14H17N3O3S. The number of aromatic nitrogens is 2. The molecule has 1 aromatic carbocycles. The van der Waals surface area contributed by atoms with E-state index in [-0.39, 0.29) is 11.5 Å². The van der Waals surface area contributed by atoms with Crippen molar-refractivity contribution in [1.29, 1.82) is 0 Å². The second-order valence-electron chi connectivity index (χ2n) is 5.21. The molecule has 21 heavy (non-hydrogen) atoms. The maximum atomic E-state index is 11.5. The van der Waals surface area contributed by atoms with E-state index < -0.39 is 22.0 Å². The van der Waals surface area contributed by atoms with Gasteiger partial charge in [0, 0.05) is 25.0 Å². The minimum atomic E-state index is -3.13. The summed E-state index contributed by atoms with van der Waals surface area (Å²) in [5.41, 5.74) is 1.93. The van der Waals surface area contributed by atoms with Crippen molar-refractivity contribution in [1.82, 2.24) is 15.1 Å². The Bertz CT molecular complexity index is 713. The van der Waals surface area contributed by atoms with Crippen LogP contribution in [0, 0.1) is 0 Å². The number of hydrogen-bond donors (Lipinski definition) is 2. The third kappa shape index (κ3) is 3.15. The van der Waals surface area contributed by atoms with Crippen molar-refractivity contribution in [2.45, 2.75) is 18.7 Å². The lowest BCUT2D eigenvalue weighted by Gasteiger charge is -2.16. The molecule has 0 bridgehead atoms. The summed E-state index contributed by atoms with van der Waals surface area (Å²) in [5, 5.41) is 17.1. The maximum Gasteiger partial charge on any atom is 0.154 e. The fraction of sp³-hybridized carbons (Fsp3) is 0.357. The molecule has 6 nitrogen and oxygen atoms in total. The van der Waals surface area contributed by atoms with Crippen LogP contribution in [-0.2, 0) is 16.4 Å². The van der Waals surface area contributed by atoms with Crippen LogP contribution in [0.5, 0.6) is 0 Å². The van der Waals surface area contributed by atoms with Crippen LogP contribution < -0.4 is 5.32 Å². The van der Waals surface area contributed by atoms with Crippen LogP contribution in [0.15, 0.2) is 42.7 Å². The van der Waals surface area contributed by atoms with Crippen molar-refractivity contribution in [2.75, 3.05) is 11.5 Å². The summed E-state index contributed by atoms with van der Waals surface area (Å²) in [6, 6.07) is 9.19. The van der Waals surface area contributed by atoms with Crippen LogP contribution in [0.1, 0.15) is 5.56 Å². The summed E-state index contributed by atoms with van der Waals surface area (Å²) in [4.78, 5) is 0. The van der Waals surface area contributed by atoms with E-state index in [4.69, 9.17) is 0 Å². The van der Waals surface area contributed by atoms with Gasteiger partial charge in [0.15, 0.2) is 9.84 Å². The fourth-order valence-electron chi connectivity index (χ4n) is 2.56. The number of hydrogen-bond acceptors (Lipinski definition) is 5. The predicted molar refractivity (Wildman–Crippen MR) is 78.9 cm³/mol. The van der Waals surface area contributed by atoms with Gasteiger partial charge in [0.05, 0.1) is 23.3 Å². The van der Waals surface area contributed by atoms with Crippen LogP contribution >= 0.6 is 0 Å². The molecule has 2 atom stereocenters. The van der Waals surface area contributed by atoms with Crippen molar-refractivity contribution in [3.8, 4) is 5.69 Å². The molecule has 2 heterocycles. The molecule has 112 valence electrons.